The summed E-state index contributed by atoms with van der Waals surface area (Å²) in [6.45, 7) is 2.00. The quantitative estimate of drug-likeness (QED) is 0.646. The molecule has 11 heavy (non-hydrogen) atoms. The van der Waals surface area contributed by atoms with Crippen molar-refractivity contribution in [2.24, 2.45) is 17.4 Å². The first-order chi connectivity index (χ1) is 5.20. The second kappa shape index (κ2) is 4.07. The standard InChI is InChI=1S/C9H20N2/c1-7(10)9(11)6-8-4-2-3-5-8/h7-9H,2-6,10-11H2,1H3. The van der Waals surface area contributed by atoms with Crippen LogP contribution in [0.4, 0.5) is 0 Å². The largest absolute Gasteiger partial charge is 0.327 e. The summed E-state index contributed by atoms with van der Waals surface area (Å²) in [5, 5.41) is 0. The molecule has 0 amide bonds. The highest BCUT2D eigenvalue weighted by Crippen LogP contribution is 2.28. The molecule has 1 saturated carbocycles. The average molecular weight is 156 g/mol. The molecular formula is C9H20N2. The van der Waals surface area contributed by atoms with E-state index in [1.54, 1.807) is 0 Å². The van der Waals surface area contributed by atoms with E-state index < -0.39 is 0 Å². The Bertz CT molecular complexity index is 106. The van der Waals surface area contributed by atoms with Gasteiger partial charge in [-0.25, -0.2) is 0 Å². The number of nitrogens with two attached hydrogens (primary N) is 2. The van der Waals surface area contributed by atoms with Gasteiger partial charge in [-0.2, -0.15) is 0 Å². The van der Waals surface area contributed by atoms with Gasteiger partial charge in [0.25, 0.3) is 0 Å². The lowest BCUT2D eigenvalue weighted by molar-refractivity contribution is 0.409. The summed E-state index contributed by atoms with van der Waals surface area (Å²) < 4.78 is 0. The molecule has 0 radical (unpaired) electrons. The lowest BCUT2D eigenvalue weighted by Crippen LogP contribution is -2.40. The van der Waals surface area contributed by atoms with Gasteiger partial charge in [-0.1, -0.05) is 25.7 Å². The predicted octanol–water partition coefficient (Wildman–Crippen LogP) is 1.24. The zero-order valence-corrected chi connectivity index (χ0v) is 7.42. The molecule has 1 aliphatic rings. The van der Waals surface area contributed by atoms with Crippen molar-refractivity contribution in [1.29, 1.82) is 0 Å². The molecular weight excluding hydrogens is 136 g/mol. The van der Waals surface area contributed by atoms with Gasteiger partial charge < -0.3 is 11.5 Å². The Hall–Kier alpha value is -0.0800. The third-order valence-electron chi connectivity index (χ3n) is 2.76. The average Bonchev–Trinajstić information content (AvgIpc) is 2.39. The van der Waals surface area contributed by atoms with Crippen molar-refractivity contribution in [2.45, 2.75) is 51.1 Å². The number of hydrogen-bond acceptors (Lipinski definition) is 2. The molecule has 0 aromatic heterocycles. The number of rotatable bonds is 3. The summed E-state index contributed by atoms with van der Waals surface area (Å²) in [6.07, 6.45) is 6.69. The second-order valence-corrected chi connectivity index (χ2v) is 3.91. The zero-order chi connectivity index (χ0) is 8.27. The fourth-order valence-electron chi connectivity index (χ4n) is 1.85. The Kier molecular flexibility index (Phi) is 3.34. The summed E-state index contributed by atoms with van der Waals surface area (Å²) in [4.78, 5) is 0. The van der Waals surface area contributed by atoms with Crippen molar-refractivity contribution in [3.8, 4) is 0 Å². The summed E-state index contributed by atoms with van der Waals surface area (Å²) in [7, 11) is 0. The van der Waals surface area contributed by atoms with Crippen LogP contribution in [-0.4, -0.2) is 12.1 Å². The molecule has 66 valence electrons. The zero-order valence-electron chi connectivity index (χ0n) is 7.42. The maximum absolute atomic E-state index is 5.87. The van der Waals surface area contributed by atoms with Gasteiger partial charge in [0.1, 0.15) is 0 Å². The molecule has 0 bridgehead atoms. The fraction of sp³-hybridized carbons (Fsp3) is 1.00. The lowest BCUT2D eigenvalue weighted by Gasteiger charge is -2.19. The Morgan fingerprint density at radius 3 is 2.27 bits per heavy atom. The molecule has 0 heterocycles. The SMILES string of the molecule is CC(N)C(N)CC1CCCC1. The van der Waals surface area contributed by atoms with Crippen LogP contribution in [0.1, 0.15) is 39.0 Å². The first kappa shape index (κ1) is 9.01. The Morgan fingerprint density at radius 1 is 1.27 bits per heavy atom. The minimum Gasteiger partial charge on any atom is -0.327 e. The van der Waals surface area contributed by atoms with Gasteiger partial charge in [-0.05, 0) is 19.3 Å². The molecule has 1 rings (SSSR count). The summed E-state index contributed by atoms with van der Waals surface area (Å²) in [6, 6.07) is 0.383. The maximum Gasteiger partial charge on any atom is 0.0192 e. The van der Waals surface area contributed by atoms with Gasteiger partial charge in [0.05, 0.1) is 0 Å². The van der Waals surface area contributed by atoms with Gasteiger partial charge >= 0.3 is 0 Å². The van der Waals surface area contributed by atoms with E-state index in [1.165, 1.54) is 25.7 Å². The van der Waals surface area contributed by atoms with Crippen molar-refractivity contribution < 1.29 is 0 Å². The molecule has 2 unspecified atom stereocenters. The van der Waals surface area contributed by atoms with E-state index in [1.807, 2.05) is 6.92 Å². The Morgan fingerprint density at radius 2 is 1.82 bits per heavy atom. The molecule has 1 fully saturated rings. The number of hydrogen-bond donors (Lipinski definition) is 2. The van der Waals surface area contributed by atoms with Crippen LogP contribution < -0.4 is 11.5 Å². The van der Waals surface area contributed by atoms with Crippen LogP contribution in [0.3, 0.4) is 0 Å². The van der Waals surface area contributed by atoms with Crippen molar-refractivity contribution in [2.75, 3.05) is 0 Å². The van der Waals surface area contributed by atoms with Crippen LogP contribution in [0.5, 0.6) is 0 Å². The Balaban J connectivity index is 2.18. The van der Waals surface area contributed by atoms with Crippen LogP contribution >= 0.6 is 0 Å². The third-order valence-corrected chi connectivity index (χ3v) is 2.76. The molecule has 2 nitrogen and oxygen atoms in total. The highest BCUT2D eigenvalue weighted by atomic mass is 14.8. The molecule has 2 heteroatoms. The van der Waals surface area contributed by atoms with Crippen LogP contribution in [0.25, 0.3) is 0 Å². The van der Waals surface area contributed by atoms with E-state index in [0.717, 1.165) is 12.3 Å². The second-order valence-electron chi connectivity index (χ2n) is 3.91. The summed E-state index contributed by atoms with van der Waals surface area (Å²) >= 11 is 0. The van der Waals surface area contributed by atoms with Gasteiger partial charge in [-0.3, -0.25) is 0 Å². The van der Waals surface area contributed by atoms with E-state index in [4.69, 9.17) is 11.5 Å². The van der Waals surface area contributed by atoms with Crippen molar-refractivity contribution >= 4 is 0 Å². The minimum absolute atomic E-state index is 0.163. The first-order valence-corrected chi connectivity index (χ1v) is 4.71. The smallest absolute Gasteiger partial charge is 0.0192 e. The van der Waals surface area contributed by atoms with Crippen molar-refractivity contribution in [1.82, 2.24) is 0 Å². The van der Waals surface area contributed by atoms with E-state index >= 15 is 0 Å². The monoisotopic (exact) mass is 156 g/mol. The molecule has 0 aromatic rings. The Labute approximate surface area is 69.3 Å². The molecule has 1 aliphatic carbocycles. The summed E-state index contributed by atoms with van der Waals surface area (Å²) in [5.41, 5.74) is 11.6. The molecule has 0 spiro atoms. The molecule has 0 aromatic carbocycles. The van der Waals surface area contributed by atoms with Crippen LogP contribution in [0.2, 0.25) is 0 Å². The van der Waals surface area contributed by atoms with Gasteiger partial charge in [-0.15, -0.1) is 0 Å². The highest BCUT2D eigenvalue weighted by Gasteiger charge is 2.19. The van der Waals surface area contributed by atoms with Crippen LogP contribution in [-0.2, 0) is 0 Å². The minimum atomic E-state index is 0.163. The lowest BCUT2D eigenvalue weighted by atomic mass is 9.95. The van der Waals surface area contributed by atoms with E-state index in [0.29, 0.717) is 0 Å². The van der Waals surface area contributed by atoms with E-state index in [2.05, 4.69) is 0 Å². The molecule has 2 atom stereocenters. The third kappa shape index (κ3) is 2.80. The summed E-state index contributed by atoms with van der Waals surface area (Å²) in [5.74, 6) is 0.871. The molecule has 0 saturated heterocycles. The normalized spacial score (nSPS) is 25.4. The fourth-order valence-corrected chi connectivity index (χ4v) is 1.85. The van der Waals surface area contributed by atoms with E-state index in [9.17, 15) is 0 Å². The molecule has 0 aliphatic heterocycles. The maximum atomic E-state index is 5.87. The van der Waals surface area contributed by atoms with Crippen molar-refractivity contribution in [3.63, 3.8) is 0 Å². The van der Waals surface area contributed by atoms with Gasteiger partial charge in [0.15, 0.2) is 0 Å². The first-order valence-electron chi connectivity index (χ1n) is 4.71. The topological polar surface area (TPSA) is 52.0 Å². The highest BCUT2D eigenvalue weighted by molar-refractivity contribution is 4.78. The van der Waals surface area contributed by atoms with Gasteiger partial charge in [0.2, 0.25) is 0 Å². The van der Waals surface area contributed by atoms with E-state index in [-0.39, 0.29) is 12.1 Å². The van der Waals surface area contributed by atoms with Crippen molar-refractivity contribution in [3.05, 3.63) is 0 Å². The predicted molar refractivity (Wildman–Crippen MR) is 48.2 cm³/mol. The van der Waals surface area contributed by atoms with Crippen LogP contribution in [0, 0.1) is 5.92 Å². The molecule has 4 N–H and O–H groups in total. The van der Waals surface area contributed by atoms with Crippen LogP contribution in [0.15, 0.2) is 0 Å². The van der Waals surface area contributed by atoms with Gasteiger partial charge in [0, 0.05) is 12.1 Å².